The van der Waals surface area contributed by atoms with Gasteiger partial charge in [-0.15, -0.1) is 0 Å². The molecule has 4 bridgehead atoms. The fourth-order valence-electron chi connectivity index (χ4n) is 6.10. The molecular weight excluding hydrogens is 260 g/mol. The van der Waals surface area contributed by atoms with Crippen molar-refractivity contribution in [2.75, 3.05) is 6.61 Å². The maximum absolute atomic E-state index is 11.3. The Morgan fingerprint density at radius 3 is 2.19 bits per heavy atom. The first-order chi connectivity index (χ1) is 10.0. The smallest absolute Gasteiger partial charge is 0.330 e. The molecule has 0 N–H and O–H groups in total. The van der Waals surface area contributed by atoms with Crippen LogP contribution in [0.15, 0.2) is 12.7 Å². The molecule has 4 rings (SSSR count). The summed E-state index contributed by atoms with van der Waals surface area (Å²) in [5.41, 5.74) is 0.849. The van der Waals surface area contributed by atoms with Crippen LogP contribution in [0.4, 0.5) is 0 Å². The Morgan fingerprint density at radius 1 is 1.24 bits per heavy atom. The lowest BCUT2D eigenvalue weighted by molar-refractivity contribution is -0.147. The van der Waals surface area contributed by atoms with Crippen LogP contribution < -0.4 is 0 Å². The minimum absolute atomic E-state index is 0.279. The molecule has 2 heteroatoms. The fourth-order valence-corrected chi connectivity index (χ4v) is 6.10. The third kappa shape index (κ3) is 2.55. The van der Waals surface area contributed by atoms with Gasteiger partial charge in [-0.3, -0.25) is 0 Å². The molecule has 0 radical (unpaired) electrons. The van der Waals surface area contributed by atoms with Crippen LogP contribution in [-0.2, 0) is 9.53 Å². The third-order valence-electron chi connectivity index (χ3n) is 7.16. The predicted molar refractivity (Wildman–Crippen MR) is 84.8 cm³/mol. The molecule has 0 aliphatic heterocycles. The van der Waals surface area contributed by atoms with E-state index < -0.39 is 0 Å². The lowest BCUT2D eigenvalue weighted by Crippen LogP contribution is -2.53. The zero-order valence-corrected chi connectivity index (χ0v) is 13.7. The van der Waals surface area contributed by atoms with Crippen LogP contribution in [0.2, 0.25) is 0 Å². The van der Waals surface area contributed by atoms with Crippen molar-refractivity contribution in [3.05, 3.63) is 12.7 Å². The molecule has 4 aliphatic carbocycles. The van der Waals surface area contributed by atoms with Gasteiger partial charge < -0.3 is 4.74 Å². The van der Waals surface area contributed by atoms with Gasteiger partial charge in [0.15, 0.2) is 0 Å². The largest absolute Gasteiger partial charge is 0.463 e. The Hall–Kier alpha value is -0.790. The first-order valence-electron chi connectivity index (χ1n) is 8.79. The van der Waals surface area contributed by atoms with Gasteiger partial charge in [-0.2, -0.15) is 0 Å². The van der Waals surface area contributed by atoms with Crippen molar-refractivity contribution in [1.29, 1.82) is 0 Å². The second-order valence-electron chi connectivity index (χ2n) is 8.23. The highest BCUT2D eigenvalue weighted by Gasteiger charge is 2.57. The van der Waals surface area contributed by atoms with Crippen LogP contribution in [0.3, 0.4) is 0 Å². The van der Waals surface area contributed by atoms with Crippen molar-refractivity contribution in [3.8, 4) is 0 Å². The minimum atomic E-state index is -0.279. The average Bonchev–Trinajstić information content (AvgIpc) is 2.45. The highest BCUT2D eigenvalue weighted by atomic mass is 16.5. The maximum Gasteiger partial charge on any atom is 0.330 e. The van der Waals surface area contributed by atoms with E-state index in [1.54, 1.807) is 0 Å². The Morgan fingerprint density at radius 2 is 1.76 bits per heavy atom. The van der Waals surface area contributed by atoms with E-state index in [-0.39, 0.29) is 5.97 Å². The fraction of sp³-hybridized carbons (Fsp3) is 0.842. The highest BCUT2D eigenvalue weighted by molar-refractivity contribution is 5.81. The van der Waals surface area contributed by atoms with Gasteiger partial charge in [0.05, 0.1) is 6.61 Å². The van der Waals surface area contributed by atoms with Crippen molar-refractivity contribution in [1.82, 2.24) is 0 Å². The Balaban J connectivity index is 1.72. The summed E-state index contributed by atoms with van der Waals surface area (Å²) in [4.78, 5) is 11.3. The molecule has 1 atom stereocenters. The van der Waals surface area contributed by atoms with Gasteiger partial charge in [0.25, 0.3) is 0 Å². The molecule has 0 spiro atoms. The van der Waals surface area contributed by atoms with Crippen molar-refractivity contribution in [3.63, 3.8) is 0 Å². The summed E-state index contributed by atoms with van der Waals surface area (Å²) in [5.74, 6) is 2.67. The number of esters is 1. The zero-order valence-electron chi connectivity index (χ0n) is 13.7. The van der Waals surface area contributed by atoms with Crippen LogP contribution in [0.5, 0.6) is 0 Å². The number of carbonyl (C=O) groups excluding carboxylic acids is 1. The van der Waals surface area contributed by atoms with Crippen LogP contribution in [0, 0.1) is 28.6 Å². The minimum Gasteiger partial charge on any atom is -0.463 e. The second kappa shape index (κ2) is 5.44. The summed E-state index contributed by atoms with van der Waals surface area (Å²) < 4.78 is 5.29. The average molecular weight is 290 g/mol. The maximum atomic E-state index is 11.3. The molecular formula is C19H30O2. The molecule has 0 saturated heterocycles. The molecule has 0 aromatic rings. The van der Waals surface area contributed by atoms with Gasteiger partial charge in [-0.05, 0) is 73.5 Å². The number of hydrogen-bond donors (Lipinski definition) is 0. The molecule has 0 aromatic carbocycles. The van der Waals surface area contributed by atoms with E-state index in [9.17, 15) is 4.79 Å². The Kier molecular flexibility index (Phi) is 3.92. The predicted octanol–water partition coefficient (Wildman–Crippen LogP) is 4.74. The Labute approximate surface area is 129 Å². The van der Waals surface area contributed by atoms with Gasteiger partial charge >= 0.3 is 5.97 Å². The molecule has 21 heavy (non-hydrogen) atoms. The molecule has 4 aliphatic rings. The zero-order chi connectivity index (χ0) is 15.1. The highest BCUT2D eigenvalue weighted by Crippen LogP contribution is 2.67. The van der Waals surface area contributed by atoms with E-state index in [0.717, 1.165) is 24.2 Å². The molecule has 1 unspecified atom stereocenters. The standard InChI is InChI=1S/C19H30O2/c1-4-17(20)21-7-6-18(3,5-2)19-11-14-8-15(12-19)10-16(9-14)13-19/h4,14-16H,1,5-13H2,2-3H3. The van der Waals surface area contributed by atoms with E-state index in [2.05, 4.69) is 20.4 Å². The normalized spacial score (nSPS) is 39.8. The number of hydrogen-bond acceptors (Lipinski definition) is 2. The summed E-state index contributed by atoms with van der Waals surface area (Å²) in [6, 6.07) is 0. The van der Waals surface area contributed by atoms with Crippen LogP contribution in [0.25, 0.3) is 0 Å². The number of carbonyl (C=O) groups is 1. The SMILES string of the molecule is C=CC(=O)OCCC(C)(CC)C12CC3CC(CC(C3)C1)C2. The van der Waals surface area contributed by atoms with Gasteiger partial charge in [0, 0.05) is 6.08 Å². The third-order valence-corrected chi connectivity index (χ3v) is 7.16. The Bertz CT molecular complexity index is 390. The molecule has 4 saturated carbocycles. The first-order valence-corrected chi connectivity index (χ1v) is 8.79. The molecule has 0 amide bonds. The summed E-state index contributed by atoms with van der Waals surface area (Å²) in [7, 11) is 0. The van der Waals surface area contributed by atoms with Crippen molar-refractivity contribution >= 4 is 5.97 Å². The lowest BCUT2D eigenvalue weighted by atomic mass is 9.42. The van der Waals surface area contributed by atoms with E-state index in [1.165, 1.54) is 51.0 Å². The quantitative estimate of drug-likeness (QED) is 0.522. The monoisotopic (exact) mass is 290 g/mol. The van der Waals surface area contributed by atoms with Gasteiger partial charge in [0.1, 0.15) is 0 Å². The summed E-state index contributed by atoms with van der Waals surface area (Å²) in [6.45, 7) is 8.82. The molecule has 4 fully saturated rings. The first kappa shape index (κ1) is 15.1. The van der Waals surface area contributed by atoms with Crippen molar-refractivity contribution in [2.45, 2.75) is 65.2 Å². The van der Waals surface area contributed by atoms with Gasteiger partial charge in [0.2, 0.25) is 0 Å². The van der Waals surface area contributed by atoms with E-state index in [1.807, 2.05) is 0 Å². The summed E-state index contributed by atoms with van der Waals surface area (Å²) in [5, 5.41) is 0. The van der Waals surface area contributed by atoms with Crippen LogP contribution >= 0.6 is 0 Å². The second-order valence-corrected chi connectivity index (χ2v) is 8.23. The van der Waals surface area contributed by atoms with E-state index in [4.69, 9.17) is 4.74 Å². The van der Waals surface area contributed by atoms with Crippen molar-refractivity contribution in [2.24, 2.45) is 28.6 Å². The summed E-state index contributed by atoms with van der Waals surface area (Å²) in [6.07, 6.45) is 12.2. The summed E-state index contributed by atoms with van der Waals surface area (Å²) >= 11 is 0. The molecule has 0 heterocycles. The van der Waals surface area contributed by atoms with Crippen LogP contribution in [-0.4, -0.2) is 12.6 Å². The van der Waals surface area contributed by atoms with Gasteiger partial charge in [-0.25, -0.2) is 4.79 Å². The van der Waals surface area contributed by atoms with Crippen LogP contribution in [0.1, 0.15) is 65.2 Å². The van der Waals surface area contributed by atoms with E-state index >= 15 is 0 Å². The molecule has 118 valence electrons. The van der Waals surface area contributed by atoms with Gasteiger partial charge in [-0.1, -0.05) is 26.8 Å². The van der Waals surface area contributed by atoms with E-state index in [0.29, 0.717) is 17.4 Å². The lowest BCUT2D eigenvalue weighted by Gasteiger charge is -2.63. The topological polar surface area (TPSA) is 26.3 Å². The van der Waals surface area contributed by atoms with Crippen molar-refractivity contribution < 1.29 is 9.53 Å². The number of ether oxygens (including phenoxy) is 1. The molecule has 2 nitrogen and oxygen atoms in total. The number of rotatable bonds is 6. The molecule has 0 aromatic heterocycles.